The van der Waals surface area contributed by atoms with Crippen molar-refractivity contribution < 1.29 is 14.6 Å². The van der Waals surface area contributed by atoms with E-state index >= 15 is 0 Å². The highest BCUT2D eigenvalue weighted by Gasteiger charge is 2.24. The summed E-state index contributed by atoms with van der Waals surface area (Å²) in [6, 6.07) is 5.86. The molecule has 0 bridgehead atoms. The zero-order chi connectivity index (χ0) is 20.5. The number of piperidine rings is 1. The van der Waals surface area contributed by atoms with Gasteiger partial charge in [0.1, 0.15) is 0 Å². The number of aliphatic imine (C=N–C) groups is 1. The Morgan fingerprint density at radius 3 is 2.79 bits per heavy atom. The second kappa shape index (κ2) is 11.3. The molecule has 162 valence electrons. The van der Waals surface area contributed by atoms with E-state index in [2.05, 4.69) is 22.5 Å². The molecular weight excluding hydrogens is 368 g/mol. The Bertz CT molecular complexity index is 653. The summed E-state index contributed by atoms with van der Waals surface area (Å²) in [6.07, 6.45) is 3.47. The maximum absolute atomic E-state index is 9.86. The van der Waals surface area contributed by atoms with Crippen molar-refractivity contribution in [2.45, 2.75) is 45.7 Å². The summed E-state index contributed by atoms with van der Waals surface area (Å²) in [5.74, 6) is 2.24. The zero-order valence-corrected chi connectivity index (χ0v) is 17.8. The number of nitrogens with zero attached hydrogens (tertiary/aromatic N) is 2. The van der Waals surface area contributed by atoms with Crippen LogP contribution in [-0.4, -0.2) is 68.0 Å². The van der Waals surface area contributed by atoms with Crippen molar-refractivity contribution in [2.75, 3.05) is 46.0 Å². The minimum absolute atomic E-state index is 0.167. The number of rotatable bonds is 8. The van der Waals surface area contributed by atoms with Crippen LogP contribution in [0.1, 0.15) is 38.7 Å². The lowest BCUT2D eigenvalue weighted by Crippen LogP contribution is -2.49. The Morgan fingerprint density at radius 1 is 1.28 bits per heavy atom. The Labute approximate surface area is 174 Å². The molecular formula is C22H36N4O3. The Kier molecular flexibility index (Phi) is 8.43. The number of nitrogens with one attached hydrogen (secondary N) is 2. The van der Waals surface area contributed by atoms with Crippen molar-refractivity contribution in [2.24, 2.45) is 10.9 Å². The van der Waals surface area contributed by atoms with Gasteiger partial charge in [-0.3, -0.25) is 0 Å². The molecule has 2 aliphatic heterocycles. The lowest BCUT2D eigenvalue weighted by Gasteiger charge is -2.34. The van der Waals surface area contributed by atoms with Crippen LogP contribution in [0.15, 0.2) is 23.2 Å². The number of likely N-dealkylation sites (tertiary alicyclic amines) is 1. The number of ether oxygens (including phenoxy) is 2. The van der Waals surface area contributed by atoms with Crippen LogP contribution in [0.3, 0.4) is 0 Å². The molecule has 0 radical (unpaired) electrons. The minimum Gasteiger partial charge on any atom is -0.504 e. The van der Waals surface area contributed by atoms with Crippen LogP contribution in [0.5, 0.6) is 11.5 Å². The second-order valence-corrected chi connectivity index (χ2v) is 7.88. The van der Waals surface area contributed by atoms with Gasteiger partial charge in [0.05, 0.1) is 19.8 Å². The van der Waals surface area contributed by atoms with E-state index in [9.17, 15) is 5.11 Å². The van der Waals surface area contributed by atoms with Crippen molar-refractivity contribution in [1.29, 1.82) is 0 Å². The van der Waals surface area contributed by atoms with Crippen LogP contribution in [0, 0.1) is 5.92 Å². The summed E-state index contributed by atoms with van der Waals surface area (Å²) in [5, 5.41) is 16.8. The van der Waals surface area contributed by atoms with E-state index in [1.807, 2.05) is 19.1 Å². The van der Waals surface area contributed by atoms with Gasteiger partial charge >= 0.3 is 0 Å². The monoisotopic (exact) mass is 404 g/mol. The molecule has 0 aromatic heterocycles. The average molecular weight is 405 g/mol. The fraction of sp³-hybridized carbons (Fsp3) is 0.682. The topological polar surface area (TPSA) is 78.4 Å². The lowest BCUT2D eigenvalue weighted by molar-refractivity contribution is 0.150. The molecule has 2 aliphatic rings. The van der Waals surface area contributed by atoms with Crippen molar-refractivity contribution in [3.05, 3.63) is 23.8 Å². The van der Waals surface area contributed by atoms with Crippen LogP contribution in [0.4, 0.5) is 0 Å². The number of phenolic OH excluding ortho intramolecular Hbond substituents is 1. The fourth-order valence-electron chi connectivity index (χ4n) is 3.96. The average Bonchev–Trinajstić information content (AvgIpc) is 3.23. The van der Waals surface area contributed by atoms with Gasteiger partial charge in [-0.05, 0) is 56.7 Å². The van der Waals surface area contributed by atoms with Gasteiger partial charge < -0.3 is 30.1 Å². The zero-order valence-electron chi connectivity index (χ0n) is 17.8. The van der Waals surface area contributed by atoms with Crippen molar-refractivity contribution in [3.63, 3.8) is 0 Å². The van der Waals surface area contributed by atoms with Gasteiger partial charge in [0.25, 0.3) is 0 Å². The molecule has 2 saturated heterocycles. The molecule has 3 rings (SSSR count). The molecule has 1 aromatic rings. The highest BCUT2D eigenvalue weighted by atomic mass is 16.5. The maximum Gasteiger partial charge on any atom is 0.191 e. The van der Waals surface area contributed by atoms with Gasteiger partial charge in [0.2, 0.25) is 0 Å². The summed E-state index contributed by atoms with van der Waals surface area (Å²) >= 11 is 0. The quantitative estimate of drug-likeness (QED) is 0.456. The predicted molar refractivity (Wildman–Crippen MR) is 116 cm³/mol. The number of hydrogen-bond acceptors (Lipinski definition) is 5. The van der Waals surface area contributed by atoms with Crippen molar-refractivity contribution in [1.82, 2.24) is 15.5 Å². The molecule has 1 atom stereocenters. The van der Waals surface area contributed by atoms with E-state index in [1.54, 1.807) is 6.07 Å². The van der Waals surface area contributed by atoms with Gasteiger partial charge in [-0.25, -0.2) is 4.99 Å². The highest BCUT2D eigenvalue weighted by molar-refractivity contribution is 5.80. The Morgan fingerprint density at radius 2 is 2.10 bits per heavy atom. The summed E-state index contributed by atoms with van der Waals surface area (Å²) in [6.45, 7) is 11.2. The smallest absolute Gasteiger partial charge is 0.191 e. The molecule has 7 nitrogen and oxygen atoms in total. The van der Waals surface area contributed by atoms with Crippen molar-refractivity contribution >= 4 is 5.96 Å². The summed E-state index contributed by atoms with van der Waals surface area (Å²) < 4.78 is 11.0. The second-order valence-electron chi connectivity index (χ2n) is 7.88. The summed E-state index contributed by atoms with van der Waals surface area (Å²) in [4.78, 5) is 7.31. The SMILES string of the molecule is CCNC(=NCc1ccc(O)c(OCC)c1)NC1CCN(CC2CCOC2)CC1. The summed E-state index contributed by atoms with van der Waals surface area (Å²) in [5.41, 5.74) is 1.01. The van der Waals surface area contributed by atoms with Gasteiger partial charge in [-0.2, -0.15) is 0 Å². The molecule has 2 heterocycles. The van der Waals surface area contributed by atoms with Gasteiger partial charge in [-0.15, -0.1) is 0 Å². The number of benzene rings is 1. The van der Waals surface area contributed by atoms with E-state index in [1.165, 1.54) is 13.0 Å². The van der Waals surface area contributed by atoms with Gasteiger partial charge in [0, 0.05) is 38.8 Å². The van der Waals surface area contributed by atoms with Crippen LogP contribution in [0.2, 0.25) is 0 Å². The predicted octanol–water partition coefficient (Wildman–Crippen LogP) is 2.35. The maximum atomic E-state index is 9.86. The number of guanidine groups is 1. The first-order chi connectivity index (χ1) is 14.2. The van der Waals surface area contributed by atoms with Gasteiger partial charge in [-0.1, -0.05) is 6.07 Å². The first kappa shape index (κ1) is 21.7. The molecule has 0 amide bonds. The van der Waals surface area contributed by atoms with Crippen LogP contribution in [0.25, 0.3) is 0 Å². The van der Waals surface area contributed by atoms with Crippen LogP contribution in [-0.2, 0) is 11.3 Å². The first-order valence-corrected chi connectivity index (χ1v) is 11.0. The fourth-order valence-corrected chi connectivity index (χ4v) is 3.96. The van der Waals surface area contributed by atoms with E-state index in [0.29, 0.717) is 30.9 Å². The molecule has 0 saturated carbocycles. The standard InChI is InChI=1S/C22H36N4O3/c1-3-23-22(24-14-17-5-6-20(27)21(13-17)29-4-2)25-19-7-10-26(11-8-19)15-18-9-12-28-16-18/h5-6,13,18-19,27H,3-4,7-12,14-16H2,1-2H3,(H2,23,24,25). The molecule has 3 N–H and O–H groups in total. The van der Waals surface area contributed by atoms with Gasteiger partial charge in [0.15, 0.2) is 17.5 Å². The lowest BCUT2D eigenvalue weighted by atomic mass is 10.0. The number of hydrogen-bond donors (Lipinski definition) is 3. The molecule has 1 aromatic carbocycles. The normalized spacial score (nSPS) is 21.3. The third kappa shape index (κ3) is 6.78. The van der Waals surface area contributed by atoms with Crippen LogP contribution >= 0.6 is 0 Å². The molecule has 0 spiro atoms. The van der Waals surface area contributed by atoms with Crippen molar-refractivity contribution in [3.8, 4) is 11.5 Å². The number of phenols is 1. The Balaban J connectivity index is 1.50. The Hall–Kier alpha value is -1.99. The van der Waals surface area contributed by atoms with E-state index in [-0.39, 0.29) is 5.75 Å². The molecule has 1 unspecified atom stereocenters. The van der Waals surface area contributed by atoms with Crippen LogP contribution < -0.4 is 15.4 Å². The highest BCUT2D eigenvalue weighted by Crippen LogP contribution is 2.27. The third-order valence-corrected chi connectivity index (χ3v) is 5.56. The number of aromatic hydroxyl groups is 1. The first-order valence-electron chi connectivity index (χ1n) is 11.0. The van der Waals surface area contributed by atoms with E-state index < -0.39 is 0 Å². The largest absolute Gasteiger partial charge is 0.504 e. The molecule has 2 fully saturated rings. The minimum atomic E-state index is 0.167. The van der Waals surface area contributed by atoms with E-state index in [4.69, 9.17) is 14.5 Å². The summed E-state index contributed by atoms with van der Waals surface area (Å²) in [7, 11) is 0. The molecule has 29 heavy (non-hydrogen) atoms. The third-order valence-electron chi connectivity index (χ3n) is 5.56. The molecule has 7 heteroatoms. The van der Waals surface area contributed by atoms with E-state index in [0.717, 1.165) is 57.2 Å². The molecule has 0 aliphatic carbocycles.